The zero-order valence-electron chi connectivity index (χ0n) is 13.6. The van der Waals surface area contributed by atoms with Crippen molar-refractivity contribution in [2.24, 2.45) is 0 Å². The number of anilines is 1. The minimum Gasteiger partial charge on any atom is -0.480 e. The van der Waals surface area contributed by atoms with Crippen molar-refractivity contribution in [2.45, 2.75) is 23.8 Å². The molecule has 1 atom stereocenters. The molecule has 6 nitrogen and oxygen atoms in total. The van der Waals surface area contributed by atoms with Crippen LogP contribution >= 0.6 is 0 Å². The summed E-state index contributed by atoms with van der Waals surface area (Å²) in [6.07, 6.45) is 0.909. The summed E-state index contributed by atoms with van der Waals surface area (Å²) >= 11 is 0. The lowest BCUT2D eigenvalue weighted by atomic mass is 10.1. The maximum atomic E-state index is 13.1. The van der Waals surface area contributed by atoms with E-state index in [1.165, 1.54) is 0 Å². The Bertz CT molecular complexity index is 893. The summed E-state index contributed by atoms with van der Waals surface area (Å²) in [4.78, 5) is 13.5. The second kappa shape index (κ2) is 6.07. The maximum Gasteiger partial charge on any atom is 0.322 e. The molecule has 0 spiro atoms. The third-order valence-corrected chi connectivity index (χ3v) is 6.38. The molecule has 0 radical (unpaired) electrons. The number of nitrogens with zero attached hydrogens (tertiary/aromatic N) is 2. The molecule has 1 aliphatic heterocycles. The summed E-state index contributed by atoms with van der Waals surface area (Å²) in [6.45, 7) is 0.239. The first-order valence-corrected chi connectivity index (χ1v) is 9.22. The second-order valence-corrected chi connectivity index (χ2v) is 7.99. The second-order valence-electron chi connectivity index (χ2n) is 6.13. The number of sulfonamides is 1. The molecule has 128 valence electrons. The molecule has 1 fully saturated rings. The summed E-state index contributed by atoms with van der Waals surface area (Å²) in [7, 11) is -0.0686. The predicted octanol–water partition coefficient (Wildman–Crippen LogP) is 2.14. The van der Waals surface area contributed by atoms with E-state index in [0.717, 1.165) is 15.4 Å². The summed E-state index contributed by atoms with van der Waals surface area (Å²) in [5.41, 5.74) is 0.917. The number of rotatable bonds is 4. The van der Waals surface area contributed by atoms with Crippen molar-refractivity contribution in [1.82, 2.24) is 4.31 Å². The molecule has 2 aromatic carbocycles. The van der Waals surface area contributed by atoms with Crippen LogP contribution in [0.4, 0.5) is 5.69 Å². The number of benzene rings is 2. The van der Waals surface area contributed by atoms with Crippen LogP contribution in [0.3, 0.4) is 0 Å². The van der Waals surface area contributed by atoms with Crippen LogP contribution < -0.4 is 4.90 Å². The molecule has 1 aliphatic rings. The van der Waals surface area contributed by atoms with Crippen molar-refractivity contribution in [3.8, 4) is 0 Å². The number of hydrogen-bond donors (Lipinski definition) is 1. The van der Waals surface area contributed by atoms with Gasteiger partial charge in [0.15, 0.2) is 0 Å². The van der Waals surface area contributed by atoms with Crippen molar-refractivity contribution >= 4 is 32.5 Å². The summed E-state index contributed by atoms with van der Waals surface area (Å²) < 4.78 is 27.3. The van der Waals surface area contributed by atoms with Gasteiger partial charge in [-0.25, -0.2) is 8.42 Å². The zero-order chi connectivity index (χ0) is 17.5. The van der Waals surface area contributed by atoms with E-state index in [-0.39, 0.29) is 11.4 Å². The summed E-state index contributed by atoms with van der Waals surface area (Å²) in [5, 5.41) is 10.8. The van der Waals surface area contributed by atoms with Crippen molar-refractivity contribution in [3.63, 3.8) is 0 Å². The quantitative estimate of drug-likeness (QED) is 0.916. The molecule has 3 rings (SSSR count). The van der Waals surface area contributed by atoms with Crippen LogP contribution in [0, 0.1) is 0 Å². The maximum absolute atomic E-state index is 13.1. The van der Waals surface area contributed by atoms with Gasteiger partial charge in [-0.05, 0) is 25.0 Å². The van der Waals surface area contributed by atoms with Crippen molar-refractivity contribution < 1.29 is 18.3 Å². The molecule has 1 saturated heterocycles. The number of fused-ring (bicyclic) bond motifs is 1. The minimum atomic E-state index is -3.87. The molecule has 0 bridgehead atoms. The predicted molar refractivity (Wildman–Crippen MR) is 92.8 cm³/mol. The lowest BCUT2D eigenvalue weighted by molar-refractivity contribution is -0.140. The average molecular weight is 348 g/mol. The Morgan fingerprint density at radius 1 is 1.17 bits per heavy atom. The van der Waals surface area contributed by atoms with Crippen molar-refractivity contribution in [1.29, 1.82) is 0 Å². The van der Waals surface area contributed by atoms with E-state index in [1.807, 2.05) is 37.2 Å². The van der Waals surface area contributed by atoms with Crippen molar-refractivity contribution in [3.05, 3.63) is 36.4 Å². The van der Waals surface area contributed by atoms with Crippen LogP contribution in [-0.4, -0.2) is 50.5 Å². The summed E-state index contributed by atoms with van der Waals surface area (Å²) in [5.74, 6) is -1.09. The monoisotopic (exact) mass is 348 g/mol. The third-order valence-electron chi connectivity index (χ3n) is 4.42. The van der Waals surface area contributed by atoms with Crippen LogP contribution in [0.5, 0.6) is 0 Å². The standard InChI is InChI=1S/C17H20N2O4S/c1-18(2)14-8-3-7-13-12(14)6-4-10-16(13)24(22,23)19-11-5-9-15(19)17(20)21/h3-4,6-8,10,15H,5,9,11H2,1-2H3,(H,20,21). The van der Waals surface area contributed by atoms with Crippen LogP contribution in [-0.2, 0) is 14.8 Å². The van der Waals surface area contributed by atoms with E-state index in [2.05, 4.69) is 0 Å². The van der Waals surface area contributed by atoms with Gasteiger partial charge in [-0.2, -0.15) is 4.31 Å². The van der Waals surface area contributed by atoms with Gasteiger partial charge in [0.1, 0.15) is 6.04 Å². The average Bonchev–Trinajstić information content (AvgIpc) is 3.04. The highest BCUT2D eigenvalue weighted by molar-refractivity contribution is 7.89. The van der Waals surface area contributed by atoms with Crippen molar-refractivity contribution in [2.75, 3.05) is 25.5 Å². The normalized spacial score (nSPS) is 18.8. The number of carboxylic acids is 1. The fourth-order valence-electron chi connectivity index (χ4n) is 3.28. The molecule has 1 unspecified atom stereocenters. The van der Waals surface area contributed by atoms with E-state index in [0.29, 0.717) is 18.2 Å². The van der Waals surface area contributed by atoms with E-state index in [9.17, 15) is 18.3 Å². The Hall–Kier alpha value is -2.12. The van der Waals surface area contributed by atoms with Crippen LogP contribution in [0.2, 0.25) is 0 Å². The Labute approximate surface area is 141 Å². The molecule has 24 heavy (non-hydrogen) atoms. The highest BCUT2D eigenvalue weighted by atomic mass is 32.2. The minimum absolute atomic E-state index is 0.164. The SMILES string of the molecule is CN(C)c1cccc2c(S(=O)(=O)N3CCCC3C(=O)O)cccc12. The van der Waals surface area contributed by atoms with Gasteiger partial charge in [0.25, 0.3) is 0 Å². The van der Waals surface area contributed by atoms with Crippen LogP contribution in [0.25, 0.3) is 10.8 Å². The Kier molecular flexibility index (Phi) is 4.23. The fourth-order valence-corrected chi connectivity index (χ4v) is 5.14. The van der Waals surface area contributed by atoms with Gasteiger partial charge in [0, 0.05) is 37.1 Å². The molecular weight excluding hydrogens is 328 g/mol. The van der Waals surface area contributed by atoms with Gasteiger partial charge >= 0.3 is 5.97 Å². The molecule has 7 heteroatoms. The molecular formula is C17H20N2O4S. The van der Waals surface area contributed by atoms with E-state index >= 15 is 0 Å². The Morgan fingerprint density at radius 2 is 1.83 bits per heavy atom. The van der Waals surface area contributed by atoms with E-state index in [1.54, 1.807) is 18.2 Å². The topological polar surface area (TPSA) is 77.9 Å². The lowest BCUT2D eigenvalue weighted by Crippen LogP contribution is -2.40. The van der Waals surface area contributed by atoms with Gasteiger partial charge in [0.2, 0.25) is 10.0 Å². The van der Waals surface area contributed by atoms with Gasteiger partial charge in [-0.15, -0.1) is 0 Å². The van der Waals surface area contributed by atoms with Crippen LogP contribution in [0.15, 0.2) is 41.3 Å². The molecule has 2 aromatic rings. The van der Waals surface area contributed by atoms with Gasteiger partial charge in [-0.1, -0.05) is 24.3 Å². The smallest absolute Gasteiger partial charge is 0.322 e. The molecule has 0 amide bonds. The van der Waals surface area contributed by atoms with E-state index in [4.69, 9.17) is 0 Å². The number of carboxylic acid groups (broad SMARTS) is 1. The van der Waals surface area contributed by atoms with Gasteiger partial charge in [-0.3, -0.25) is 4.79 Å². The molecule has 0 saturated carbocycles. The summed E-state index contributed by atoms with van der Waals surface area (Å²) in [6, 6.07) is 9.65. The number of hydrogen-bond acceptors (Lipinski definition) is 4. The van der Waals surface area contributed by atoms with Crippen LogP contribution in [0.1, 0.15) is 12.8 Å². The first kappa shape index (κ1) is 16.7. The lowest BCUT2D eigenvalue weighted by Gasteiger charge is -2.23. The highest BCUT2D eigenvalue weighted by Crippen LogP contribution is 2.34. The number of aliphatic carboxylic acids is 1. The number of carbonyl (C=O) groups is 1. The highest BCUT2D eigenvalue weighted by Gasteiger charge is 2.40. The first-order chi connectivity index (χ1) is 11.3. The molecule has 0 aromatic heterocycles. The fraction of sp³-hybridized carbons (Fsp3) is 0.353. The Morgan fingerprint density at radius 3 is 2.50 bits per heavy atom. The van der Waals surface area contributed by atoms with E-state index < -0.39 is 22.0 Å². The molecule has 0 aliphatic carbocycles. The third kappa shape index (κ3) is 2.63. The first-order valence-electron chi connectivity index (χ1n) is 7.78. The largest absolute Gasteiger partial charge is 0.480 e. The molecule has 1 heterocycles. The Balaban J connectivity index is 2.19. The van der Waals surface area contributed by atoms with Gasteiger partial charge in [0.05, 0.1) is 4.90 Å². The van der Waals surface area contributed by atoms with Gasteiger partial charge < -0.3 is 10.0 Å². The molecule has 1 N–H and O–H groups in total. The zero-order valence-corrected chi connectivity index (χ0v) is 14.5.